The van der Waals surface area contributed by atoms with E-state index in [0.29, 0.717) is 0 Å². The van der Waals surface area contributed by atoms with E-state index >= 15 is 0 Å². The second-order valence-electron chi connectivity index (χ2n) is 2.45. The van der Waals surface area contributed by atoms with Crippen LogP contribution in [0.3, 0.4) is 0 Å². The molecule has 0 aliphatic carbocycles. The van der Waals surface area contributed by atoms with E-state index in [0.717, 1.165) is 0 Å². The van der Waals surface area contributed by atoms with Gasteiger partial charge in [0.15, 0.2) is 0 Å². The lowest BCUT2D eigenvalue weighted by molar-refractivity contribution is 0.262. The van der Waals surface area contributed by atoms with Crippen LogP contribution in [-0.2, 0) is 20.7 Å². The molecule has 0 fully saturated rings. The van der Waals surface area contributed by atoms with Crippen molar-refractivity contribution in [1.82, 2.24) is 0 Å². The van der Waals surface area contributed by atoms with E-state index in [-0.39, 0.29) is 5.75 Å². The summed E-state index contributed by atoms with van der Waals surface area (Å²) in [5, 5.41) is 0. The lowest BCUT2D eigenvalue weighted by Gasteiger charge is -2.16. The van der Waals surface area contributed by atoms with Crippen LogP contribution in [-0.4, -0.2) is 14.7 Å². The molecular weight excluding hydrogens is 262 g/mol. The third-order valence-electron chi connectivity index (χ3n) is 1.17. The first kappa shape index (κ1) is 12.8. The second kappa shape index (κ2) is 4.72. The summed E-state index contributed by atoms with van der Waals surface area (Å²) < 4.78 is 19.1. The van der Waals surface area contributed by atoms with Gasteiger partial charge in [-0.2, -0.15) is 4.31 Å². The highest BCUT2D eigenvalue weighted by molar-refractivity contribution is 8.08. The molecule has 1 atom stereocenters. The Bertz CT molecular complexity index is 415. The molecule has 84 valence electrons. The van der Waals surface area contributed by atoms with Crippen molar-refractivity contribution in [2.45, 2.75) is 0 Å². The van der Waals surface area contributed by atoms with Gasteiger partial charge >= 0.3 is 14.5 Å². The standard InChI is InChI=1S/C6H8O6P2S/c7-13(8,9)12-14(10,15)11-6-4-2-1-3-5-6/h1-5H,(H,10,15)(H2,7,8,9). The maximum Gasteiger partial charge on any atom is 0.477 e. The van der Waals surface area contributed by atoms with Crippen molar-refractivity contribution in [1.29, 1.82) is 0 Å². The first-order valence-corrected chi connectivity index (χ1v) is 7.75. The summed E-state index contributed by atoms with van der Waals surface area (Å²) in [5.74, 6) is 0.178. The van der Waals surface area contributed by atoms with Crippen LogP contribution in [0.15, 0.2) is 30.3 Å². The number of rotatable bonds is 4. The van der Waals surface area contributed by atoms with Crippen LogP contribution in [0.25, 0.3) is 0 Å². The number of benzene rings is 1. The van der Waals surface area contributed by atoms with Crippen LogP contribution in [0.4, 0.5) is 0 Å². The molecule has 0 aromatic heterocycles. The zero-order valence-electron chi connectivity index (χ0n) is 7.26. The highest BCUT2D eigenvalue weighted by Crippen LogP contribution is 2.57. The lowest BCUT2D eigenvalue weighted by Crippen LogP contribution is -1.95. The van der Waals surface area contributed by atoms with Crippen LogP contribution in [0.5, 0.6) is 5.75 Å². The summed E-state index contributed by atoms with van der Waals surface area (Å²) in [6.07, 6.45) is 0. The molecule has 1 rings (SSSR count). The maximum absolute atomic E-state index is 10.4. The summed E-state index contributed by atoms with van der Waals surface area (Å²) >= 11 is 4.40. The molecule has 0 aliphatic heterocycles. The van der Waals surface area contributed by atoms with Gasteiger partial charge in [-0.25, -0.2) is 4.57 Å². The van der Waals surface area contributed by atoms with Gasteiger partial charge in [-0.15, -0.1) is 0 Å². The number of hydrogen-bond acceptors (Lipinski definition) is 4. The Morgan fingerprint density at radius 2 is 1.67 bits per heavy atom. The third-order valence-corrected chi connectivity index (χ3v) is 4.12. The number of para-hydroxylation sites is 1. The Labute approximate surface area is 91.0 Å². The minimum atomic E-state index is -4.85. The molecule has 1 unspecified atom stereocenters. The minimum absolute atomic E-state index is 0.178. The molecular formula is C6H8O6P2S. The third kappa shape index (κ3) is 5.39. The van der Waals surface area contributed by atoms with E-state index in [1.807, 2.05) is 0 Å². The Kier molecular flexibility index (Phi) is 4.03. The molecule has 6 nitrogen and oxygen atoms in total. The molecule has 9 heteroatoms. The molecule has 0 amide bonds. The van der Waals surface area contributed by atoms with E-state index in [1.54, 1.807) is 18.2 Å². The van der Waals surface area contributed by atoms with E-state index in [2.05, 4.69) is 16.1 Å². The van der Waals surface area contributed by atoms with Crippen molar-refractivity contribution in [3.8, 4) is 5.75 Å². The fourth-order valence-corrected chi connectivity index (χ4v) is 3.40. The second-order valence-corrected chi connectivity index (χ2v) is 6.58. The van der Waals surface area contributed by atoms with Crippen LogP contribution in [0.2, 0.25) is 0 Å². The quantitative estimate of drug-likeness (QED) is 0.711. The highest BCUT2D eigenvalue weighted by Gasteiger charge is 2.28. The number of phosphoric acid groups is 1. The molecule has 1 aromatic rings. The average Bonchev–Trinajstić information content (AvgIpc) is 1.99. The SMILES string of the molecule is O=P(O)(O)OP(O)(=S)Oc1ccccc1. The first-order valence-electron chi connectivity index (χ1n) is 3.63. The average molecular weight is 270 g/mol. The molecule has 0 aliphatic rings. The maximum atomic E-state index is 10.4. The topological polar surface area (TPSA) is 96.2 Å². The predicted octanol–water partition coefficient (Wildman–Crippen LogP) is 1.39. The Balaban J connectivity index is 2.74. The summed E-state index contributed by atoms with van der Waals surface area (Å²) in [6.45, 7) is -3.97. The smallest absolute Gasteiger partial charge is 0.424 e. The van der Waals surface area contributed by atoms with Crippen molar-refractivity contribution in [2.24, 2.45) is 0 Å². The van der Waals surface area contributed by atoms with Crippen LogP contribution in [0, 0.1) is 0 Å². The van der Waals surface area contributed by atoms with E-state index in [1.165, 1.54) is 12.1 Å². The highest BCUT2D eigenvalue weighted by atomic mass is 32.5. The molecule has 0 spiro atoms. The zero-order valence-corrected chi connectivity index (χ0v) is 9.86. The van der Waals surface area contributed by atoms with Crippen molar-refractivity contribution in [3.05, 3.63) is 30.3 Å². The van der Waals surface area contributed by atoms with Crippen LogP contribution >= 0.6 is 14.5 Å². The van der Waals surface area contributed by atoms with Crippen molar-refractivity contribution < 1.29 is 28.1 Å². The van der Waals surface area contributed by atoms with Crippen molar-refractivity contribution in [3.63, 3.8) is 0 Å². The van der Waals surface area contributed by atoms with Gasteiger partial charge in [-0.3, -0.25) is 0 Å². The van der Waals surface area contributed by atoms with Crippen molar-refractivity contribution >= 4 is 26.3 Å². The molecule has 1 aromatic carbocycles. The summed E-state index contributed by atoms with van der Waals surface area (Å²) in [5.41, 5.74) is 0. The fourth-order valence-electron chi connectivity index (χ4n) is 0.766. The Hall–Kier alpha value is -0.260. The lowest BCUT2D eigenvalue weighted by atomic mass is 10.3. The Morgan fingerprint density at radius 3 is 2.13 bits per heavy atom. The van der Waals surface area contributed by atoms with Crippen molar-refractivity contribution in [2.75, 3.05) is 0 Å². The molecule has 15 heavy (non-hydrogen) atoms. The van der Waals surface area contributed by atoms with Gasteiger partial charge in [-0.1, -0.05) is 18.2 Å². The van der Waals surface area contributed by atoms with Gasteiger partial charge in [0.1, 0.15) is 5.75 Å². The van der Waals surface area contributed by atoms with Gasteiger partial charge in [0.25, 0.3) is 0 Å². The van der Waals surface area contributed by atoms with Gasteiger partial charge in [-0.05, 0) is 12.1 Å². The molecule has 0 saturated heterocycles. The predicted molar refractivity (Wildman–Crippen MR) is 56.7 cm³/mol. The van der Waals surface area contributed by atoms with Gasteiger partial charge in [0.05, 0.1) is 0 Å². The monoisotopic (exact) mass is 270 g/mol. The molecule has 3 N–H and O–H groups in total. The summed E-state index contributed by atoms with van der Waals surface area (Å²) in [6, 6.07) is 7.88. The minimum Gasteiger partial charge on any atom is -0.424 e. The van der Waals surface area contributed by atoms with Gasteiger partial charge < -0.3 is 19.2 Å². The molecule has 0 bridgehead atoms. The summed E-state index contributed by atoms with van der Waals surface area (Å²) in [4.78, 5) is 26.2. The summed E-state index contributed by atoms with van der Waals surface area (Å²) in [7, 11) is -4.85. The first-order chi connectivity index (χ1) is 6.79. The van der Waals surface area contributed by atoms with Gasteiger partial charge in [0.2, 0.25) is 0 Å². The van der Waals surface area contributed by atoms with E-state index in [4.69, 9.17) is 14.3 Å². The van der Waals surface area contributed by atoms with E-state index < -0.39 is 14.5 Å². The van der Waals surface area contributed by atoms with E-state index in [9.17, 15) is 9.46 Å². The largest absolute Gasteiger partial charge is 0.477 e. The van der Waals surface area contributed by atoms with Crippen LogP contribution in [0.1, 0.15) is 0 Å². The Morgan fingerprint density at radius 1 is 1.13 bits per heavy atom. The molecule has 0 heterocycles. The van der Waals surface area contributed by atoms with Crippen LogP contribution < -0.4 is 4.52 Å². The molecule has 0 saturated carbocycles. The van der Waals surface area contributed by atoms with Gasteiger partial charge in [0, 0.05) is 11.8 Å². The normalized spacial score (nSPS) is 15.7. The zero-order chi connectivity index (χ0) is 11.5. The number of hydrogen-bond donors (Lipinski definition) is 3. The fraction of sp³-hybridized carbons (Fsp3) is 0. The molecule has 0 radical (unpaired) electrons.